The normalized spacial score (nSPS) is 12.6. The highest BCUT2D eigenvalue weighted by Gasteiger charge is 2.17. The predicted octanol–water partition coefficient (Wildman–Crippen LogP) is 0.531. The third-order valence-electron chi connectivity index (χ3n) is 3.88. The Labute approximate surface area is 122 Å². The molecule has 5 heteroatoms. The Hall–Kier alpha value is -3.21. The molecule has 2 N–H and O–H groups in total. The highest BCUT2D eigenvalue weighted by Crippen LogP contribution is 2.23. The maximum absolute atomic E-state index is 11.8. The molecule has 0 amide bonds. The molecular formula is C17H9NO4. The van der Waals surface area contributed by atoms with E-state index >= 15 is 0 Å². The zero-order valence-corrected chi connectivity index (χ0v) is 11.2. The van der Waals surface area contributed by atoms with E-state index in [1.807, 2.05) is 36.4 Å². The molecule has 0 radical (unpaired) electrons. The summed E-state index contributed by atoms with van der Waals surface area (Å²) in [5, 5.41) is 13.1. The number of hydrogen-bond acceptors (Lipinski definition) is 4. The Kier molecular flexibility index (Phi) is 2.36. The number of H-pyrrole nitrogens is 1. The van der Waals surface area contributed by atoms with Gasteiger partial charge in [0.2, 0.25) is 5.43 Å². The van der Waals surface area contributed by atoms with Crippen LogP contribution in [0.15, 0.2) is 50.8 Å². The average molecular weight is 291 g/mol. The maximum Gasteiger partial charge on any atom is 0.277 e. The van der Waals surface area contributed by atoms with Crippen LogP contribution >= 0.6 is 0 Å². The quantitative estimate of drug-likeness (QED) is 0.501. The molecule has 4 rings (SSSR count). The number of nitrogens with one attached hydrogen (secondary N) is 1. The van der Waals surface area contributed by atoms with Crippen LogP contribution in [0, 0.1) is 0 Å². The molecular weight excluding hydrogens is 282 g/mol. The predicted molar refractivity (Wildman–Crippen MR) is 83.9 cm³/mol. The van der Waals surface area contributed by atoms with Gasteiger partial charge in [-0.3, -0.25) is 14.4 Å². The summed E-state index contributed by atoms with van der Waals surface area (Å²) in [4.78, 5) is 37.7. The summed E-state index contributed by atoms with van der Waals surface area (Å²) in [5.74, 6) is -0.785. The highest BCUT2D eigenvalue weighted by molar-refractivity contribution is 6.09. The zero-order chi connectivity index (χ0) is 15.4. The van der Waals surface area contributed by atoms with Gasteiger partial charge in [-0.2, -0.15) is 0 Å². The van der Waals surface area contributed by atoms with Crippen molar-refractivity contribution in [3.63, 3.8) is 0 Å². The van der Waals surface area contributed by atoms with Gasteiger partial charge in [-0.05, 0) is 17.5 Å². The molecule has 0 unspecified atom stereocenters. The smallest absolute Gasteiger partial charge is 0.277 e. The number of aromatic nitrogens is 1. The highest BCUT2D eigenvalue weighted by atomic mass is 16.3. The standard InChI is InChI=1S/C17H9NO4/c19-14-10(15(20)17(22)16(14)21)7-12-9-5-1-3-8-4-2-6-11(18-12)13(8)9/h1-7,18-19H. The molecule has 3 aromatic carbocycles. The lowest BCUT2D eigenvalue weighted by Crippen LogP contribution is -2.30. The fourth-order valence-corrected chi connectivity index (χ4v) is 2.84. The molecule has 5 nitrogen and oxygen atoms in total. The molecule has 0 fully saturated rings. The first-order valence-corrected chi connectivity index (χ1v) is 6.65. The SMILES string of the molecule is O=c1c(O)c(C=c2[nH]c3cccc4cccc2c43)c(=O)c1=O. The van der Waals surface area contributed by atoms with Crippen molar-refractivity contribution in [2.45, 2.75) is 0 Å². The van der Waals surface area contributed by atoms with E-state index < -0.39 is 22.0 Å². The second kappa shape index (κ2) is 4.14. The fourth-order valence-electron chi connectivity index (χ4n) is 2.84. The Bertz CT molecular complexity index is 1230. The van der Waals surface area contributed by atoms with E-state index in [-0.39, 0.29) is 5.56 Å². The minimum Gasteiger partial charge on any atom is -0.504 e. The van der Waals surface area contributed by atoms with Crippen LogP contribution in [-0.2, 0) is 0 Å². The summed E-state index contributed by atoms with van der Waals surface area (Å²) >= 11 is 0. The van der Waals surface area contributed by atoms with Crippen LogP contribution in [0.4, 0.5) is 0 Å². The van der Waals surface area contributed by atoms with Gasteiger partial charge in [-0.1, -0.05) is 30.3 Å². The number of hydrogen-bond donors (Lipinski definition) is 2. The zero-order valence-electron chi connectivity index (χ0n) is 11.2. The first-order chi connectivity index (χ1) is 10.6. The van der Waals surface area contributed by atoms with E-state index in [1.165, 1.54) is 6.08 Å². The topological polar surface area (TPSA) is 87.2 Å². The van der Waals surface area contributed by atoms with Crippen LogP contribution in [0.25, 0.3) is 27.8 Å². The van der Waals surface area contributed by atoms with Gasteiger partial charge in [-0.15, -0.1) is 0 Å². The second-order valence-electron chi connectivity index (χ2n) is 5.14. The van der Waals surface area contributed by atoms with E-state index in [0.717, 1.165) is 21.7 Å². The Morgan fingerprint density at radius 1 is 0.909 bits per heavy atom. The third-order valence-corrected chi connectivity index (χ3v) is 3.88. The van der Waals surface area contributed by atoms with Crippen LogP contribution < -0.4 is 21.6 Å². The van der Waals surface area contributed by atoms with Crippen LogP contribution in [0.3, 0.4) is 0 Å². The third kappa shape index (κ3) is 1.50. The molecule has 0 aliphatic heterocycles. The molecule has 1 heterocycles. The molecule has 0 aliphatic carbocycles. The Balaban J connectivity index is 2.18. The van der Waals surface area contributed by atoms with Gasteiger partial charge < -0.3 is 10.1 Å². The minimum absolute atomic E-state index is 0.262. The van der Waals surface area contributed by atoms with Crippen molar-refractivity contribution in [1.29, 1.82) is 0 Å². The van der Waals surface area contributed by atoms with Gasteiger partial charge >= 0.3 is 0 Å². The van der Waals surface area contributed by atoms with Gasteiger partial charge in [0.05, 0.1) is 5.56 Å². The van der Waals surface area contributed by atoms with Crippen LogP contribution in [-0.4, -0.2) is 10.1 Å². The molecule has 0 spiro atoms. The summed E-state index contributed by atoms with van der Waals surface area (Å²) in [6.45, 7) is 0. The number of benzene rings is 2. The lowest BCUT2D eigenvalue weighted by atomic mass is 10.1. The largest absolute Gasteiger partial charge is 0.504 e. The van der Waals surface area contributed by atoms with Gasteiger partial charge in [0.15, 0.2) is 5.75 Å². The fraction of sp³-hybridized carbons (Fsp3) is 0. The molecule has 1 aromatic heterocycles. The monoisotopic (exact) mass is 291 g/mol. The van der Waals surface area contributed by atoms with E-state index in [2.05, 4.69) is 4.98 Å². The Morgan fingerprint density at radius 3 is 2.32 bits per heavy atom. The minimum atomic E-state index is -1.20. The lowest BCUT2D eigenvalue weighted by Gasteiger charge is -1.95. The van der Waals surface area contributed by atoms with Gasteiger partial charge in [-0.25, -0.2) is 0 Å². The first-order valence-electron chi connectivity index (χ1n) is 6.65. The van der Waals surface area contributed by atoms with E-state index in [0.29, 0.717) is 5.35 Å². The molecule has 0 aliphatic rings. The molecule has 0 saturated heterocycles. The Morgan fingerprint density at radius 2 is 1.64 bits per heavy atom. The molecule has 0 bridgehead atoms. The number of aromatic hydroxyl groups is 1. The molecule has 22 heavy (non-hydrogen) atoms. The van der Waals surface area contributed by atoms with Crippen molar-refractivity contribution in [2.24, 2.45) is 0 Å². The van der Waals surface area contributed by atoms with Crippen molar-refractivity contribution in [2.75, 3.05) is 0 Å². The summed E-state index contributed by atoms with van der Waals surface area (Å²) < 4.78 is 0. The van der Waals surface area contributed by atoms with Crippen molar-refractivity contribution >= 4 is 27.8 Å². The first kappa shape index (κ1) is 12.5. The van der Waals surface area contributed by atoms with E-state index in [1.54, 1.807) is 0 Å². The summed E-state index contributed by atoms with van der Waals surface area (Å²) in [6.07, 6.45) is 1.36. The number of rotatable bonds is 1. The molecule has 106 valence electrons. The molecule has 4 aromatic rings. The van der Waals surface area contributed by atoms with Crippen molar-refractivity contribution < 1.29 is 5.11 Å². The van der Waals surface area contributed by atoms with Gasteiger partial charge in [0.25, 0.3) is 10.9 Å². The molecule has 0 saturated carbocycles. The van der Waals surface area contributed by atoms with Crippen LogP contribution in [0.5, 0.6) is 5.75 Å². The van der Waals surface area contributed by atoms with Gasteiger partial charge in [0, 0.05) is 21.6 Å². The van der Waals surface area contributed by atoms with Crippen molar-refractivity contribution in [3.8, 4) is 5.75 Å². The summed E-state index contributed by atoms with van der Waals surface area (Å²) in [7, 11) is 0. The summed E-state index contributed by atoms with van der Waals surface area (Å²) in [5.41, 5.74) is -2.70. The molecule has 0 atom stereocenters. The van der Waals surface area contributed by atoms with Gasteiger partial charge in [0.1, 0.15) is 0 Å². The number of aromatic amines is 1. The summed E-state index contributed by atoms with van der Waals surface area (Å²) in [6, 6.07) is 11.5. The van der Waals surface area contributed by atoms with Crippen LogP contribution in [0.1, 0.15) is 5.56 Å². The average Bonchev–Trinajstić information content (AvgIpc) is 2.97. The van der Waals surface area contributed by atoms with Crippen LogP contribution in [0.2, 0.25) is 0 Å². The lowest BCUT2D eigenvalue weighted by molar-refractivity contribution is 0.471. The maximum atomic E-state index is 11.8. The van der Waals surface area contributed by atoms with E-state index in [4.69, 9.17) is 0 Å². The van der Waals surface area contributed by atoms with Crippen molar-refractivity contribution in [1.82, 2.24) is 4.98 Å². The van der Waals surface area contributed by atoms with E-state index in [9.17, 15) is 19.5 Å². The van der Waals surface area contributed by atoms with Crippen molar-refractivity contribution in [3.05, 3.63) is 78.0 Å². The second-order valence-corrected chi connectivity index (χ2v) is 5.14.